The van der Waals surface area contributed by atoms with E-state index in [2.05, 4.69) is 31.1 Å². The highest BCUT2D eigenvalue weighted by molar-refractivity contribution is 7.15. The lowest BCUT2D eigenvalue weighted by molar-refractivity contribution is -0.134. The van der Waals surface area contributed by atoms with Gasteiger partial charge in [-0.1, -0.05) is 38.5 Å². The first-order valence-corrected chi connectivity index (χ1v) is 9.21. The molecule has 1 aromatic rings. The lowest BCUT2D eigenvalue weighted by Crippen LogP contribution is -2.37. The smallest absolute Gasteiger partial charge is 0.229 e. The summed E-state index contributed by atoms with van der Waals surface area (Å²) >= 11 is 1.52. The average molecular weight is 335 g/mol. The van der Waals surface area contributed by atoms with E-state index in [0.717, 1.165) is 42.8 Å². The van der Waals surface area contributed by atoms with Crippen LogP contribution in [0.15, 0.2) is 0 Å². The van der Waals surface area contributed by atoms with Crippen molar-refractivity contribution in [3.05, 3.63) is 10.6 Å². The van der Waals surface area contributed by atoms with Gasteiger partial charge in [-0.25, -0.2) is 4.98 Å². The van der Waals surface area contributed by atoms with Crippen LogP contribution in [-0.4, -0.2) is 28.2 Å². The third kappa shape index (κ3) is 3.91. The van der Waals surface area contributed by atoms with Gasteiger partial charge >= 0.3 is 0 Å². The monoisotopic (exact) mass is 335 g/mol. The van der Waals surface area contributed by atoms with Gasteiger partial charge in [0.2, 0.25) is 11.8 Å². The van der Waals surface area contributed by atoms with Gasteiger partial charge in [-0.15, -0.1) is 0 Å². The van der Waals surface area contributed by atoms with Crippen LogP contribution in [0.3, 0.4) is 0 Å². The molecule has 0 unspecified atom stereocenters. The summed E-state index contributed by atoms with van der Waals surface area (Å²) in [7, 11) is 0. The van der Waals surface area contributed by atoms with E-state index >= 15 is 0 Å². The minimum absolute atomic E-state index is 0.00691. The van der Waals surface area contributed by atoms with Crippen LogP contribution in [0.25, 0.3) is 0 Å². The molecule has 2 amide bonds. The summed E-state index contributed by atoms with van der Waals surface area (Å²) in [5.74, 6) is 0.473. The van der Waals surface area contributed by atoms with Gasteiger partial charge in [0.25, 0.3) is 0 Å². The van der Waals surface area contributed by atoms with Crippen molar-refractivity contribution in [2.45, 2.75) is 59.4 Å². The predicted molar refractivity (Wildman–Crippen MR) is 91.3 cm³/mol. The Kier molecular flexibility index (Phi) is 4.45. The van der Waals surface area contributed by atoms with Crippen molar-refractivity contribution in [2.24, 2.45) is 11.3 Å². The minimum atomic E-state index is 0.00691. The van der Waals surface area contributed by atoms with Crippen LogP contribution in [0.2, 0.25) is 0 Å². The van der Waals surface area contributed by atoms with Crippen LogP contribution in [-0.2, 0) is 22.6 Å². The Hall–Kier alpha value is -1.43. The highest BCUT2D eigenvalue weighted by Gasteiger charge is 2.29. The van der Waals surface area contributed by atoms with Crippen LogP contribution in [0.5, 0.6) is 0 Å². The van der Waals surface area contributed by atoms with Crippen LogP contribution in [0, 0.1) is 11.3 Å². The summed E-state index contributed by atoms with van der Waals surface area (Å²) in [6.07, 6.45) is 4.47. The van der Waals surface area contributed by atoms with E-state index in [-0.39, 0.29) is 23.1 Å². The summed E-state index contributed by atoms with van der Waals surface area (Å²) in [5, 5.41) is 3.64. The van der Waals surface area contributed by atoms with Crippen LogP contribution in [0.1, 0.15) is 57.0 Å². The number of amides is 2. The number of rotatable bonds is 3. The fourth-order valence-corrected chi connectivity index (χ4v) is 3.93. The van der Waals surface area contributed by atoms with E-state index < -0.39 is 0 Å². The summed E-state index contributed by atoms with van der Waals surface area (Å²) in [6, 6.07) is 0. The molecule has 1 aliphatic heterocycles. The molecule has 1 fully saturated rings. The van der Waals surface area contributed by atoms with E-state index in [4.69, 9.17) is 0 Å². The fourth-order valence-electron chi connectivity index (χ4n) is 2.91. The van der Waals surface area contributed by atoms with Gasteiger partial charge in [-0.2, -0.15) is 0 Å². The summed E-state index contributed by atoms with van der Waals surface area (Å²) < 4.78 is 0. The molecule has 0 spiro atoms. The highest BCUT2D eigenvalue weighted by Crippen LogP contribution is 2.32. The van der Waals surface area contributed by atoms with Gasteiger partial charge in [0.1, 0.15) is 0 Å². The van der Waals surface area contributed by atoms with Crippen molar-refractivity contribution in [3.8, 4) is 0 Å². The number of carbonyl (C=O) groups excluding carboxylic acids is 2. The third-order valence-electron chi connectivity index (χ3n) is 4.47. The maximum absolute atomic E-state index is 12.4. The predicted octanol–water partition coefficient (Wildman–Crippen LogP) is 3.20. The first-order valence-electron chi connectivity index (χ1n) is 8.39. The Morgan fingerprint density at radius 3 is 2.70 bits per heavy atom. The Morgan fingerprint density at radius 1 is 1.35 bits per heavy atom. The molecular weight excluding hydrogens is 310 g/mol. The fraction of sp³-hybridized carbons (Fsp3) is 0.706. The van der Waals surface area contributed by atoms with Gasteiger partial charge in [0.15, 0.2) is 5.13 Å². The zero-order valence-corrected chi connectivity index (χ0v) is 15.0. The maximum Gasteiger partial charge on any atom is 0.229 e. The number of hydrogen-bond acceptors (Lipinski definition) is 4. The molecule has 0 bridgehead atoms. The van der Waals surface area contributed by atoms with Gasteiger partial charge in [0.05, 0.1) is 12.2 Å². The van der Waals surface area contributed by atoms with Gasteiger partial charge in [0, 0.05) is 30.2 Å². The molecule has 0 saturated heterocycles. The summed E-state index contributed by atoms with van der Waals surface area (Å²) in [6.45, 7) is 7.60. The van der Waals surface area contributed by atoms with Crippen molar-refractivity contribution < 1.29 is 9.59 Å². The molecule has 0 atom stereocenters. The molecule has 2 heterocycles. The Morgan fingerprint density at radius 2 is 2.09 bits per heavy atom. The number of nitrogens with zero attached hydrogens (tertiary/aromatic N) is 2. The normalized spacial score (nSPS) is 18.3. The van der Waals surface area contributed by atoms with E-state index in [1.54, 1.807) is 0 Å². The lowest BCUT2D eigenvalue weighted by Gasteiger charge is -2.29. The molecule has 1 aliphatic carbocycles. The Labute approximate surface area is 141 Å². The SMILES string of the molecule is CC(C)(C)CC(=O)N1CCc2nc(NC(=O)C3CCC3)sc2C1. The second-order valence-electron chi connectivity index (χ2n) is 7.81. The quantitative estimate of drug-likeness (QED) is 0.922. The average Bonchev–Trinajstić information content (AvgIpc) is 2.75. The number of nitrogens with one attached hydrogen (secondary N) is 1. The molecule has 0 aromatic carbocycles. The second-order valence-corrected chi connectivity index (χ2v) is 8.89. The van der Waals surface area contributed by atoms with Crippen molar-refractivity contribution in [1.29, 1.82) is 0 Å². The number of fused-ring (bicyclic) bond motifs is 1. The number of carbonyl (C=O) groups is 2. The number of thiazole rings is 1. The Balaban J connectivity index is 1.62. The van der Waals surface area contributed by atoms with E-state index in [1.807, 2.05) is 4.90 Å². The highest BCUT2D eigenvalue weighted by atomic mass is 32.1. The number of hydrogen-bond donors (Lipinski definition) is 1. The standard InChI is InChI=1S/C17H25N3O2S/c1-17(2,3)9-14(21)20-8-7-12-13(10-20)23-16(18-12)19-15(22)11-5-4-6-11/h11H,4-10H2,1-3H3,(H,18,19,22). The van der Waals surface area contributed by atoms with Crippen LogP contribution in [0.4, 0.5) is 5.13 Å². The van der Waals surface area contributed by atoms with Gasteiger partial charge in [-0.3, -0.25) is 9.59 Å². The van der Waals surface area contributed by atoms with Gasteiger partial charge in [-0.05, 0) is 18.3 Å². The summed E-state index contributed by atoms with van der Waals surface area (Å²) in [5.41, 5.74) is 1.05. The van der Waals surface area contributed by atoms with E-state index in [1.165, 1.54) is 11.3 Å². The minimum Gasteiger partial charge on any atom is -0.337 e. The molecule has 1 aromatic heterocycles. The largest absolute Gasteiger partial charge is 0.337 e. The zero-order valence-electron chi connectivity index (χ0n) is 14.1. The first-order chi connectivity index (χ1) is 10.8. The third-order valence-corrected chi connectivity index (χ3v) is 5.47. The molecule has 2 aliphatic rings. The zero-order chi connectivity index (χ0) is 16.6. The van der Waals surface area contributed by atoms with Crippen LogP contribution >= 0.6 is 11.3 Å². The molecule has 1 N–H and O–H groups in total. The van der Waals surface area contributed by atoms with Gasteiger partial charge < -0.3 is 10.2 Å². The lowest BCUT2D eigenvalue weighted by atomic mass is 9.85. The number of anilines is 1. The molecule has 6 heteroatoms. The molecule has 3 rings (SSSR count). The van der Waals surface area contributed by atoms with Crippen molar-refractivity contribution in [2.75, 3.05) is 11.9 Å². The molecule has 1 saturated carbocycles. The van der Waals surface area contributed by atoms with E-state index in [0.29, 0.717) is 18.1 Å². The maximum atomic E-state index is 12.4. The molecular formula is C17H25N3O2S. The van der Waals surface area contributed by atoms with Crippen LogP contribution < -0.4 is 5.32 Å². The Bertz CT molecular complexity index is 614. The molecule has 5 nitrogen and oxygen atoms in total. The topological polar surface area (TPSA) is 62.3 Å². The molecule has 126 valence electrons. The molecule has 0 radical (unpaired) electrons. The van der Waals surface area contributed by atoms with Crippen molar-refractivity contribution in [3.63, 3.8) is 0 Å². The first kappa shape index (κ1) is 16.4. The molecule has 23 heavy (non-hydrogen) atoms. The second kappa shape index (κ2) is 6.23. The number of aromatic nitrogens is 1. The van der Waals surface area contributed by atoms with E-state index in [9.17, 15) is 9.59 Å². The van der Waals surface area contributed by atoms with Crippen molar-refractivity contribution >= 4 is 28.3 Å². The summed E-state index contributed by atoms with van der Waals surface area (Å²) in [4.78, 5) is 32.0. The van der Waals surface area contributed by atoms with Crippen molar-refractivity contribution in [1.82, 2.24) is 9.88 Å².